The summed E-state index contributed by atoms with van der Waals surface area (Å²) in [6, 6.07) is 0. The maximum absolute atomic E-state index is 11.7. The van der Waals surface area contributed by atoms with Crippen molar-refractivity contribution in [3.63, 3.8) is 0 Å². The van der Waals surface area contributed by atoms with Gasteiger partial charge in [0.25, 0.3) is 0 Å². The first-order chi connectivity index (χ1) is 11.1. The molecule has 0 spiro atoms. The minimum absolute atomic E-state index is 0.0455. The smallest absolute Gasteiger partial charge is 0.340 e. The van der Waals surface area contributed by atoms with Crippen molar-refractivity contribution in [2.75, 3.05) is 13.2 Å². The van der Waals surface area contributed by atoms with Gasteiger partial charge in [0, 0.05) is 12.8 Å². The minimum atomic E-state index is -0.546. The predicted octanol–water partition coefficient (Wildman–Crippen LogP) is 2.89. The molecule has 0 heterocycles. The Balaban J connectivity index is 1.65. The van der Waals surface area contributed by atoms with Crippen molar-refractivity contribution in [2.24, 2.45) is 0 Å². The zero-order chi connectivity index (χ0) is 16.7. The average Bonchev–Trinajstić information content (AvgIpc) is 3.20. The van der Waals surface area contributed by atoms with Gasteiger partial charge in [0.2, 0.25) is 0 Å². The lowest BCUT2D eigenvalue weighted by Gasteiger charge is -2.10. The zero-order valence-electron chi connectivity index (χ0n) is 12.7. The normalized spacial score (nSPS) is 15.1. The number of hydrogen-bond donors (Lipinski definition) is 0. The quantitative estimate of drug-likeness (QED) is 0.509. The maximum atomic E-state index is 11.7. The fourth-order valence-corrected chi connectivity index (χ4v) is 1.80. The Kier molecular flexibility index (Phi) is 5.88. The van der Waals surface area contributed by atoms with Crippen LogP contribution >= 0.6 is 0 Å². The topological polar surface area (TPSA) is 61.8 Å². The Morgan fingerprint density at radius 3 is 1.65 bits per heavy atom. The summed E-state index contributed by atoms with van der Waals surface area (Å²) in [6.45, 7) is 7.13. The summed E-state index contributed by atoms with van der Waals surface area (Å²) in [5, 5.41) is 0. The van der Waals surface area contributed by atoms with E-state index in [0.29, 0.717) is 24.4 Å². The highest BCUT2D eigenvalue weighted by Crippen LogP contribution is 2.15. The van der Waals surface area contributed by atoms with Gasteiger partial charge >= 0.3 is 11.9 Å². The molecule has 5 heteroatoms. The molecule has 0 aromatic heterocycles. The van der Waals surface area contributed by atoms with Crippen LogP contribution in [0.15, 0.2) is 72.3 Å². The fourth-order valence-electron chi connectivity index (χ4n) is 1.80. The number of ether oxygens (including phenoxy) is 3. The first-order valence-electron chi connectivity index (χ1n) is 7.15. The summed E-state index contributed by atoms with van der Waals surface area (Å²) < 4.78 is 15.5. The molecular weight excluding hydrogens is 296 g/mol. The summed E-state index contributed by atoms with van der Waals surface area (Å²) in [7, 11) is 0. The number of esters is 2. The number of rotatable bonds is 8. The van der Waals surface area contributed by atoms with Crippen LogP contribution in [0, 0.1) is 0 Å². The molecule has 23 heavy (non-hydrogen) atoms. The molecule has 0 saturated carbocycles. The van der Waals surface area contributed by atoms with Crippen LogP contribution in [0.2, 0.25) is 0 Å². The highest BCUT2D eigenvalue weighted by Gasteiger charge is 2.15. The maximum Gasteiger partial charge on any atom is 0.340 e. The van der Waals surface area contributed by atoms with E-state index >= 15 is 0 Å². The lowest BCUT2D eigenvalue weighted by molar-refractivity contribution is -0.135. The van der Waals surface area contributed by atoms with E-state index in [1.807, 2.05) is 24.3 Å². The third kappa shape index (κ3) is 5.23. The second-order valence-corrected chi connectivity index (χ2v) is 5.01. The van der Waals surface area contributed by atoms with E-state index in [0.717, 1.165) is 0 Å². The summed E-state index contributed by atoms with van der Waals surface area (Å²) in [5.41, 5.74) is 0.336. The van der Waals surface area contributed by atoms with Crippen LogP contribution in [0.1, 0.15) is 12.8 Å². The van der Waals surface area contributed by atoms with Crippen LogP contribution < -0.4 is 0 Å². The lowest BCUT2D eigenvalue weighted by Crippen LogP contribution is -2.15. The standard InChI is InChI=1S/C18H18O5/c1-13(17(19)22-15-7-3-4-8-15)11-21-12-14(2)18(20)23-16-9-5-6-10-16/h3-7,9H,1-2,8,10-12H2. The van der Waals surface area contributed by atoms with Gasteiger partial charge in [-0.1, -0.05) is 37.5 Å². The summed E-state index contributed by atoms with van der Waals surface area (Å²) in [4.78, 5) is 23.5. The second-order valence-electron chi connectivity index (χ2n) is 5.01. The van der Waals surface area contributed by atoms with E-state index in [-0.39, 0.29) is 24.4 Å². The number of allylic oxidation sites excluding steroid dienone is 6. The molecule has 5 nitrogen and oxygen atoms in total. The van der Waals surface area contributed by atoms with E-state index in [4.69, 9.17) is 14.2 Å². The zero-order valence-corrected chi connectivity index (χ0v) is 12.7. The first-order valence-corrected chi connectivity index (χ1v) is 7.15. The average molecular weight is 314 g/mol. The monoisotopic (exact) mass is 314 g/mol. The van der Waals surface area contributed by atoms with Crippen molar-refractivity contribution in [3.05, 3.63) is 72.3 Å². The summed E-state index contributed by atoms with van der Waals surface area (Å²) in [6.07, 6.45) is 12.0. The molecule has 0 amide bonds. The molecule has 0 aromatic rings. The van der Waals surface area contributed by atoms with Gasteiger partial charge in [-0.3, -0.25) is 0 Å². The molecule has 0 saturated heterocycles. The Morgan fingerprint density at radius 1 is 0.870 bits per heavy atom. The minimum Gasteiger partial charge on any atom is -0.427 e. The highest BCUT2D eigenvalue weighted by atomic mass is 16.5. The molecule has 0 radical (unpaired) electrons. The highest BCUT2D eigenvalue weighted by molar-refractivity contribution is 5.89. The van der Waals surface area contributed by atoms with Crippen LogP contribution in [0.4, 0.5) is 0 Å². The molecule has 0 fully saturated rings. The van der Waals surface area contributed by atoms with Crippen molar-refractivity contribution in [2.45, 2.75) is 12.8 Å². The molecule has 120 valence electrons. The second kappa shape index (κ2) is 8.10. The van der Waals surface area contributed by atoms with Gasteiger partial charge < -0.3 is 14.2 Å². The van der Waals surface area contributed by atoms with Crippen molar-refractivity contribution in [1.29, 1.82) is 0 Å². The summed E-state index contributed by atoms with van der Waals surface area (Å²) >= 11 is 0. The van der Waals surface area contributed by atoms with E-state index in [1.54, 1.807) is 12.2 Å². The first kappa shape index (κ1) is 16.7. The van der Waals surface area contributed by atoms with Gasteiger partial charge in [-0.15, -0.1) is 0 Å². The third-order valence-corrected chi connectivity index (χ3v) is 3.05. The van der Waals surface area contributed by atoms with E-state index < -0.39 is 11.9 Å². The molecular formula is C18H18O5. The molecule has 0 unspecified atom stereocenters. The van der Waals surface area contributed by atoms with E-state index in [9.17, 15) is 9.59 Å². The molecule has 0 aromatic carbocycles. The number of carbonyl (C=O) groups is 2. The van der Waals surface area contributed by atoms with Gasteiger partial charge in [0.15, 0.2) is 0 Å². The van der Waals surface area contributed by atoms with Gasteiger partial charge in [-0.05, 0) is 12.2 Å². The number of hydrogen-bond acceptors (Lipinski definition) is 5. The Labute approximate surface area is 134 Å². The Bertz CT molecular complexity index is 590. The summed E-state index contributed by atoms with van der Waals surface area (Å²) in [5.74, 6) is 0.0517. The fraction of sp³-hybridized carbons (Fsp3) is 0.222. The van der Waals surface area contributed by atoms with Crippen LogP contribution in [0.25, 0.3) is 0 Å². The van der Waals surface area contributed by atoms with Crippen LogP contribution in [0.5, 0.6) is 0 Å². The molecule has 0 bridgehead atoms. The van der Waals surface area contributed by atoms with Crippen molar-refractivity contribution < 1.29 is 23.8 Å². The van der Waals surface area contributed by atoms with E-state index in [2.05, 4.69) is 13.2 Å². The van der Waals surface area contributed by atoms with Crippen LogP contribution in [0.3, 0.4) is 0 Å². The van der Waals surface area contributed by atoms with Gasteiger partial charge in [0.1, 0.15) is 11.5 Å². The van der Waals surface area contributed by atoms with Gasteiger partial charge in [-0.25, -0.2) is 9.59 Å². The van der Waals surface area contributed by atoms with Crippen molar-refractivity contribution >= 4 is 11.9 Å². The van der Waals surface area contributed by atoms with Gasteiger partial charge in [-0.2, -0.15) is 0 Å². The van der Waals surface area contributed by atoms with E-state index in [1.165, 1.54) is 0 Å². The predicted molar refractivity (Wildman–Crippen MR) is 85.0 cm³/mol. The van der Waals surface area contributed by atoms with Gasteiger partial charge in [0.05, 0.1) is 24.4 Å². The lowest BCUT2D eigenvalue weighted by atomic mass is 10.3. The Morgan fingerprint density at radius 2 is 1.30 bits per heavy atom. The molecule has 2 rings (SSSR count). The van der Waals surface area contributed by atoms with Crippen molar-refractivity contribution in [3.8, 4) is 0 Å². The number of carbonyl (C=O) groups excluding carboxylic acids is 2. The molecule has 2 aliphatic rings. The van der Waals surface area contributed by atoms with Crippen LogP contribution in [-0.2, 0) is 23.8 Å². The Hall–Kier alpha value is -2.66. The molecule has 0 atom stereocenters. The third-order valence-electron chi connectivity index (χ3n) is 3.05. The van der Waals surface area contributed by atoms with Crippen LogP contribution in [-0.4, -0.2) is 25.2 Å². The van der Waals surface area contributed by atoms with Crippen molar-refractivity contribution in [1.82, 2.24) is 0 Å². The largest absolute Gasteiger partial charge is 0.427 e. The molecule has 0 N–H and O–H groups in total. The SMILES string of the molecule is C=C(COCC(=C)C(=O)OC1=CC=CC1)C(=O)OC1=CC=CC1. The molecule has 2 aliphatic carbocycles. The molecule has 0 aliphatic heterocycles.